The van der Waals surface area contributed by atoms with Gasteiger partial charge in [-0.1, -0.05) is 0 Å². The number of aromatic nitrogens is 2. The van der Waals surface area contributed by atoms with E-state index in [1.54, 1.807) is 0 Å². The summed E-state index contributed by atoms with van der Waals surface area (Å²) in [4.78, 5) is 44.2. The first-order valence-corrected chi connectivity index (χ1v) is 8.47. The summed E-state index contributed by atoms with van der Waals surface area (Å²) < 4.78 is 35.2. The lowest BCUT2D eigenvalue weighted by Gasteiger charge is -2.21. The number of hydrogen-bond acceptors (Lipinski definition) is 8. The number of carboxylic acids is 1. The monoisotopic (exact) mass is 384 g/mol. The molecule has 0 aromatic carbocycles. The van der Waals surface area contributed by atoms with Crippen molar-refractivity contribution in [3.05, 3.63) is 33.1 Å². The number of aromatic amines is 1. The fourth-order valence-corrected chi connectivity index (χ4v) is 3.04. The molecule has 1 saturated heterocycles. The van der Waals surface area contributed by atoms with Crippen molar-refractivity contribution in [3.8, 4) is 0 Å². The summed E-state index contributed by atoms with van der Waals surface area (Å²) in [6.07, 6.45) is -10.7. The molecule has 0 bridgehead atoms. The number of carbonyl (C=O) groups is 1. The number of nitrogens with one attached hydrogen (secondary N) is 1. The van der Waals surface area contributed by atoms with Crippen LogP contribution in [0.2, 0.25) is 0 Å². The zero-order valence-corrected chi connectivity index (χ0v) is 13.2. The molecule has 0 radical (unpaired) electrons. The number of aliphatic hydroxyl groups is 2. The molecule has 0 aliphatic carbocycles. The summed E-state index contributed by atoms with van der Waals surface area (Å²) in [6.45, 7) is 0. The van der Waals surface area contributed by atoms with E-state index in [2.05, 4.69) is 4.52 Å². The predicted octanol–water partition coefficient (Wildman–Crippen LogP) is -2.26. The number of rotatable bonds is 6. The van der Waals surface area contributed by atoms with Crippen molar-refractivity contribution in [1.82, 2.24) is 9.55 Å². The Labute approximate surface area is 137 Å². The Morgan fingerprint density at radius 2 is 2.08 bits per heavy atom. The molecule has 1 aromatic heterocycles. The number of carboxylic acid groups (broad SMARTS) is 1. The molecule has 14 heteroatoms. The number of aliphatic carboxylic acids is 1. The number of halogens is 1. The van der Waals surface area contributed by atoms with E-state index in [1.807, 2.05) is 4.98 Å². The number of aliphatic hydroxyl groups excluding tert-OH is 2. The normalized spacial score (nSPS) is 29.9. The Morgan fingerprint density at radius 3 is 2.64 bits per heavy atom. The fourth-order valence-electron chi connectivity index (χ4n) is 2.19. The molecule has 2 unspecified atom stereocenters. The minimum atomic E-state index is -4.87. The van der Waals surface area contributed by atoms with E-state index in [9.17, 15) is 38.4 Å². The van der Waals surface area contributed by atoms with Gasteiger partial charge in [-0.15, -0.1) is 0 Å². The van der Waals surface area contributed by atoms with E-state index >= 15 is 0 Å². The smallest absolute Gasteiger partial charge is 0.341 e. The maximum Gasteiger partial charge on any atom is 0.341 e. The van der Waals surface area contributed by atoms with Crippen LogP contribution >= 0.6 is 7.60 Å². The summed E-state index contributed by atoms with van der Waals surface area (Å²) >= 11 is 0. The first kappa shape index (κ1) is 19.4. The second-order valence-corrected chi connectivity index (χ2v) is 6.94. The molecular formula is C11H14FN2O10P. The molecule has 1 aromatic rings. The lowest BCUT2D eigenvalue weighted by molar-refractivity contribution is -0.135. The molecule has 25 heavy (non-hydrogen) atoms. The largest absolute Gasteiger partial charge is 0.481 e. The van der Waals surface area contributed by atoms with Gasteiger partial charge in [-0.3, -0.25) is 28.2 Å². The van der Waals surface area contributed by atoms with Crippen LogP contribution in [-0.2, 0) is 18.6 Å². The van der Waals surface area contributed by atoms with Crippen LogP contribution in [0.15, 0.2) is 21.9 Å². The van der Waals surface area contributed by atoms with Gasteiger partial charge < -0.3 is 24.9 Å². The van der Waals surface area contributed by atoms with Gasteiger partial charge in [0.2, 0.25) is 6.36 Å². The lowest BCUT2D eigenvalue weighted by Crippen LogP contribution is -2.39. The highest BCUT2D eigenvalue weighted by molar-refractivity contribution is 7.53. The van der Waals surface area contributed by atoms with Crippen LogP contribution in [0.5, 0.6) is 0 Å². The number of nitrogens with zero attached hydrogens (tertiary/aromatic N) is 1. The first-order valence-electron chi connectivity index (χ1n) is 6.71. The third-order valence-electron chi connectivity index (χ3n) is 3.26. The molecule has 5 N–H and O–H groups in total. The average molecular weight is 384 g/mol. The fraction of sp³-hybridized carbons (Fsp3) is 0.545. The molecule has 2 heterocycles. The quantitative estimate of drug-likeness (QED) is 0.335. The summed E-state index contributed by atoms with van der Waals surface area (Å²) in [5.41, 5.74) is -1.76. The van der Waals surface area contributed by atoms with Crippen molar-refractivity contribution >= 4 is 13.6 Å². The van der Waals surface area contributed by atoms with E-state index in [0.717, 1.165) is 12.3 Å². The molecule has 12 nitrogen and oxygen atoms in total. The van der Waals surface area contributed by atoms with E-state index in [0.29, 0.717) is 4.57 Å². The second-order valence-electron chi connectivity index (χ2n) is 5.14. The molecule has 6 atom stereocenters. The van der Waals surface area contributed by atoms with E-state index < -0.39 is 61.9 Å². The zero-order valence-electron chi connectivity index (χ0n) is 12.3. The van der Waals surface area contributed by atoms with Crippen molar-refractivity contribution in [2.75, 3.05) is 6.16 Å². The average Bonchev–Trinajstić information content (AvgIpc) is 2.74. The van der Waals surface area contributed by atoms with Crippen LogP contribution in [0, 0.1) is 0 Å². The van der Waals surface area contributed by atoms with Crippen molar-refractivity contribution < 1.29 is 43.2 Å². The molecule has 0 spiro atoms. The standard InChI is InChI=1S/C11H14FN2O10P/c12-9(24-25(21,22)3-5(16)17)8-6(18)7(19)10(23-8)14-2-1-4(15)13-11(14)20/h1-2,6-10,18-19H,3H2,(H,16,17)(H,21,22)(H,13,15,20)/t6-,7+,8-,9?,10+/m0/s1. The number of hydrogen-bond donors (Lipinski definition) is 5. The third-order valence-corrected chi connectivity index (χ3v) is 4.46. The Kier molecular flexibility index (Phi) is 5.56. The SMILES string of the molecule is O=C(O)CP(=O)(O)OC(F)[C@H]1O[C@@H](n2ccc(=O)[nH]c2=O)[C@H](O)[C@@H]1O. The van der Waals surface area contributed by atoms with Gasteiger partial charge in [0, 0.05) is 12.3 Å². The van der Waals surface area contributed by atoms with Crippen molar-refractivity contribution in [2.45, 2.75) is 30.9 Å². The maximum absolute atomic E-state index is 14.0. The third kappa shape index (κ3) is 4.39. The highest BCUT2D eigenvalue weighted by Crippen LogP contribution is 2.45. The van der Waals surface area contributed by atoms with Gasteiger partial charge in [-0.05, 0) is 0 Å². The van der Waals surface area contributed by atoms with Crippen LogP contribution < -0.4 is 11.2 Å². The predicted molar refractivity (Wildman–Crippen MR) is 75.6 cm³/mol. The summed E-state index contributed by atoms with van der Waals surface area (Å²) in [5.74, 6) is -1.72. The Bertz CT molecular complexity index is 809. The van der Waals surface area contributed by atoms with Crippen LogP contribution in [0.25, 0.3) is 0 Å². The zero-order chi connectivity index (χ0) is 18.9. The van der Waals surface area contributed by atoms with Crippen LogP contribution in [0.3, 0.4) is 0 Å². The molecule has 140 valence electrons. The van der Waals surface area contributed by atoms with Crippen molar-refractivity contribution in [2.24, 2.45) is 0 Å². The number of ether oxygens (including phenoxy) is 1. The molecular weight excluding hydrogens is 370 g/mol. The van der Waals surface area contributed by atoms with Gasteiger partial charge in [0.05, 0.1) is 0 Å². The Hall–Kier alpha value is -1.89. The van der Waals surface area contributed by atoms with Crippen LogP contribution in [0.1, 0.15) is 6.23 Å². The number of H-pyrrole nitrogens is 1. The Morgan fingerprint density at radius 1 is 1.44 bits per heavy atom. The van der Waals surface area contributed by atoms with E-state index in [4.69, 9.17) is 9.84 Å². The maximum atomic E-state index is 14.0. The van der Waals surface area contributed by atoms with Gasteiger partial charge >= 0.3 is 19.3 Å². The first-order chi connectivity index (χ1) is 11.5. The Balaban J connectivity index is 2.18. The van der Waals surface area contributed by atoms with Crippen molar-refractivity contribution in [1.29, 1.82) is 0 Å². The second kappa shape index (κ2) is 7.15. The van der Waals surface area contributed by atoms with Gasteiger partial charge in [-0.25, -0.2) is 9.18 Å². The highest BCUT2D eigenvalue weighted by Gasteiger charge is 2.50. The summed E-state index contributed by atoms with van der Waals surface area (Å²) in [5, 5.41) is 28.1. The minimum absolute atomic E-state index is 0.664. The van der Waals surface area contributed by atoms with Crippen molar-refractivity contribution in [3.63, 3.8) is 0 Å². The van der Waals surface area contributed by atoms with Gasteiger partial charge in [-0.2, -0.15) is 0 Å². The van der Waals surface area contributed by atoms with E-state index in [1.165, 1.54) is 0 Å². The molecule has 2 rings (SSSR count). The van der Waals surface area contributed by atoms with Gasteiger partial charge in [0.25, 0.3) is 5.56 Å². The topological polar surface area (TPSA) is 188 Å². The molecule has 1 aliphatic heterocycles. The molecule has 0 amide bonds. The minimum Gasteiger partial charge on any atom is -0.481 e. The molecule has 1 fully saturated rings. The highest BCUT2D eigenvalue weighted by atomic mass is 31.2. The van der Waals surface area contributed by atoms with E-state index in [-0.39, 0.29) is 0 Å². The summed E-state index contributed by atoms with van der Waals surface area (Å²) in [6, 6.07) is 0.912. The van der Waals surface area contributed by atoms with Gasteiger partial charge in [0.15, 0.2) is 6.23 Å². The number of alkyl halides is 1. The molecule has 1 aliphatic rings. The van der Waals surface area contributed by atoms with Crippen LogP contribution in [0.4, 0.5) is 4.39 Å². The lowest BCUT2D eigenvalue weighted by atomic mass is 10.1. The van der Waals surface area contributed by atoms with Gasteiger partial charge in [0.1, 0.15) is 24.5 Å². The van der Waals surface area contributed by atoms with Crippen LogP contribution in [-0.4, -0.2) is 66.6 Å². The molecule has 0 saturated carbocycles. The summed E-state index contributed by atoms with van der Waals surface area (Å²) in [7, 11) is -4.87.